The molecule has 3 N–H and O–H groups in total. The van der Waals surface area contributed by atoms with E-state index in [9.17, 15) is 36.6 Å². The van der Waals surface area contributed by atoms with Crippen LogP contribution in [0.4, 0.5) is 27.6 Å². The van der Waals surface area contributed by atoms with Gasteiger partial charge in [0.05, 0.1) is 29.5 Å². The number of nitrogens with zero attached hydrogens (tertiary/aromatic N) is 1. The summed E-state index contributed by atoms with van der Waals surface area (Å²) in [5.74, 6) is -1.95. The molecule has 1 aromatic heterocycles. The number of carbonyl (C=O) groups excluding carboxylic acids is 1. The molecule has 0 bridgehead atoms. The van der Waals surface area contributed by atoms with E-state index in [1.54, 1.807) is 6.92 Å². The Hall–Kier alpha value is -2.95. The number of benzene rings is 1. The van der Waals surface area contributed by atoms with Crippen molar-refractivity contribution in [1.82, 2.24) is 9.88 Å². The van der Waals surface area contributed by atoms with Gasteiger partial charge >= 0.3 is 0 Å². The molecular weight excluding hydrogens is 485 g/mol. The van der Waals surface area contributed by atoms with Crippen molar-refractivity contribution in [3.8, 4) is 0 Å². The fourth-order valence-electron chi connectivity index (χ4n) is 4.57. The molecule has 2 fully saturated rings. The van der Waals surface area contributed by atoms with E-state index >= 15 is 0 Å². The van der Waals surface area contributed by atoms with Crippen LogP contribution in [0.3, 0.4) is 0 Å². The number of hydrogen-bond acceptors (Lipinski definition) is 4. The second-order valence-electron chi connectivity index (χ2n) is 9.85. The Morgan fingerprint density at radius 1 is 1.11 bits per heavy atom. The molecule has 0 spiro atoms. The summed E-state index contributed by atoms with van der Waals surface area (Å²) < 4.78 is 69.3. The number of aliphatic hydroxyl groups is 1. The van der Waals surface area contributed by atoms with Crippen molar-refractivity contribution in [2.45, 2.75) is 70.0 Å². The van der Waals surface area contributed by atoms with E-state index < -0.39 is 52.7 Å². The van der Waals surface area contributed by atoms with Gasteiger partial charge in [0.15, 0.2) is 0 Å². The molecule has 2 atom stereocenters. The standard InChI is InChI=1S/C25H28F5N3O3/c1-13(15-4-3-5-16(20(15)26)21(27)28)31-22(36)17-11-33(25(8-9-25)23(29)30)19(35)10-18(17)32-14(2)24(12-34)6-7-24/h3-5,10-11,13-14,21,23,32,34H,6-9,12H2,1-2H3,(H,31,36). The fraction of sp³-hybridized carbons (Fsp3) is 0.520. The average molecular weight is 514 g/mol. The summed E-state index contributed by atoms with van der Waals surface area (Å²) in [7, 11) is 0. The number of anilines is 1. The number of hydrogen-bond donors (Lipinski definition) is 3. The molecule has 36 heavy (non-hydrogen) atoms. The predicted molar refractivity (Wildman–Crippen MR) is 123 cm³/mol. The molecular formula is C25H28F5N3O3. The second-order valence-corrected chi connectivity index (χ2v) is 9.85. The number of aromatic nitrogens is 1. The quantitative estimate of drug-likeness (QED) is 0.401. The minimum atomic E-state index is -3.04. The first-order chi connectivity index (χ1) is 17.0. The molecule has 196 valence electrons. The third kappa shape index (κ3) is 4.60. The van der Waals surface area contributed by atoms with E-state index in [0.717, 1.165) is 35.7 Å². The molecule has 0 saturated heterocycles. The first kappa shape index (κ1) is 26.1. The highest BCUT2D eigenvalue weighted by atomic mass is 19.3. The number of rotatable bonds is 10. The van der Waals surface area contributed by atoms with Crippen LogP contribution in [-0.2, 0) is 5.54 Å². The largest absolute Gasteiger partial charge is 0.396 e. The third-order valence-electron chi connectivity index (χ3n) is 7.55. The van der Waals surface area contributed by atoms with E-state index in [1.165, 1.54) is 19.1 Å². The van der Waals surface area contributed by atoms with E-state index in [2.05, 4.69) is 10.6 Å². The van der Waals surface area contributed by atoms with E-state index in [4.69, 9.17) is 0 Å². The van der Waals surface area contributed by atoms with Crippen LogP contribution in [0.1, 0.15) is 73.5 Å². The van der Waals surface area contributed by atoms with Gasteiger partial charge in [-0.15, -0.1) is 0 Å². The van der Waals surface area contributed by atoms with Crippen molar-refractivity contribution in [3.63, 3.8) is 0 Å². The van der Waals surface area contributed by atoms with Gasteiger partial charge < -0.3 is 20.3 Å². The van der Waals surface area contributed by atoms with Crippen LogP contribution in [0.15, 0.2) is 35.3 Å². The lowest BCUT2D eigenvalue weighted by Crippen LogP contribution is -2.38. The van der Waals surface area contributed by atoms with Crippen molar-refractivity contribution in [2.75, 3.05) is 11.9 Å². The Bertz CT molecular complexity index is 1210. The van der Waals surface area contributed by atoms with Crippen LogP contribution >= 0.6 is 0 Å². The molecule has 2 aromatic rings. The van der Waals surface area contributed by atoms with Crippen LogP contribution in [-0.4, -0.2) is 34.7 Å². The Labute approximate surface area is 204 Å². The summed E-state index contributed by atoms with van der Waals surface area (Å²) in [6.07, 6.45) is -3.17. The van der Waals surface area contributed by atoms with Crippen molar-refractivity contribution >= 4 is 11.6 Å². The number of halogens is 5. The van der Waals surface area contributed by atoms with Gasteiger partial charge in [0.2, 0.25) is 0 Å². The number of aliphatic hydroxyl groups excluding tert-OH is 1. The number of nitrogens with one attached hydrogen (secondary N) is 2. The first-order valence-corrected chi connectivity index (χ1v) is 11.8. The zero-order valence-electron chi connectivity index (χ0n) is 19.8. The predicted octanol–water partition coefficient (Wildman–Crippen LogP) is 4.74. The molecule has 2 aliphatic rings. The molecule has 11 heteroatoms. The van der Waals surface area contributed by atoms with Crippen LogP contribution in [0, 0.1) is 11.2 Å². The van der Waals surface area contributed by atoms with Crippen molar-refractivity contribution in [2.24, 2.45) is 5.41 Å². The average Bonchev–Trinajstić information content (AvgIpc) is 3.73. The second kappa shape index (κ2) is 9.49. The van der Waals surface area contributed by atoms with Crippen molar-refractivity contribution in [3.05, 3.63) is 63.3 Å². The van der Waals surface area contributed by atoms with Crippen molar-refractivity contribution < 1.29 is 31.9 Å². The number of alkyl halides is 4. The maximum atomic E-state index is 14.6. The van der Waals surface area contributed by atoms with Crippen LogP contribution in [0.5, 0.6) is 0 Å². The zero-order valence-corrected chi connectivity index (χ0v) is 19.8. The van der Waals surface area contributed by atoms with Gasteiger partial charge in [-0.1, -0.05) is 18.2 Å². The van der Waals surface area contributed by atoms with Gasteiger partial charge in [0.1, 0.15) is 11.4 Å². The molecule has 2 saturated carbocycles. The first-order valence-electron chi connectivity index (χ1n) is 11.8. The Morgan fingerprint density at radius 2 is 1.75 bits per heavy atom. The van der Waals surface area contributed by atoms with E-state index in [0.29, 0.717) is 0 Å². The topological polar surface area (TPSA) is 83.4 Å². The molecule has 1 aromatic carbocycles. The molecule has 4 rings (SSSR count). The Kier molecular flexibility index (Phi) is 6.89. The molecule has 1 amide bonds. The minimum Gasteiger partial charge on any atom is -0.396 e. The monoisotopic (exact) mass is 513 g/mol. The molecule has 0 radical (unpaired) electrons. The van der Waals surface area contributed by atoms with E-state index in [1.807, 2.05) is 0 Å². The third-order valence-corrected chi connectivity index (χ3v) is 7.55. The maximum absolute atomic E-state index is 14.6. The van der Waals surface area contributed by atoms with Gasteiger partial charge in [-0.3, -0.25) is 9.59 Å². The van der Waals surface area contributed by atoms with Crippen LogP contribution in [0.25, 0.3) is 0 Å². The Balaban J connectivity index is 1.69. The molecule has 2 aliphatic carbocycles. The van der Waals surface area contributed by atoms with E-state index in [-0.39, 0.29) is 42.3 Å². The smallest absolute Gasteiger partial charge is 0.266 e. The molecule has 6 nitrogen and oxygen atoms in total. The van der Waals surface area contributed by atoms with Gasteiger partial charge in [-0.25, -0.2) is 22.0 Å². The van der Waals surface area contributed by atoms with Crippen molar-refractivity contribution in [1.29, 1.82) is 0 Å². The van der Waals surface area contributed by atoms with Gasteiger partial charge in [-0.05, 0) is 39.5 Å². The maximum Gasteiger partial charge on any atom is 0.266 e. The summed E-state index contributed by atoms with van der Waals surface area (Å²) >= 11 is 0. The highest BCUT2D eigenvalue weighted by molar-refractivity contribution is 5.99. The van der Waals surface area contributed by atoms with Crippen LogP contribution in [0.2, 0.25) is 0 Å². The van der Waals surface area contributed by atoms with Gasteiger partial charge in [0, 0.05) is 29.3 Å². The highest BCUT2D eigenvalue weighted by Crippen LogP contribution is 2.50. The van der Waals surface area contributed by atoms with Gasteiger partial charge in [0.25, 0.3) is 24.3 Å². The number of amides is 1. The minimum absolute atomic E-state index is 0.0739. The summed E-state index contributed by atoms with van der Waals surface area (Å²) in [4.78, 5) is 26.1. The molecule has 0 aliphatic heterocycles. The zero-order chi connectivity index (χ0) is 26.4. The summed E-state index contributed by atoms with van der Waals surface area (Å²) in [6.45, 7) is 3.08. The normalized spacial score (nSPS) is 19.2. The van der Waals surface area contributed by atoms with Gasteiger partial charge in [-0.2, -0.15) is 0 Å². The summed E-state index contributed by atoms with van der Waals surface area (Å²) in [5.41, 5.74) is -3.83. The lowest BCUT2D eigenvalue weighted by Gasteiger charge is -2.26. The number of pyridine rings is 1. The number of carbonyl (C=O) groups is 1. The summed E-state index contributed by atoms with van der Waals surface area (Å²) in [5, 5.41) is 15.3. The SMILES string of the molecule is CC(NC(=O)c1cn(C2(C(F)F)CC2)c(=O)cc1NC(C)C1(CO)CC1)c1cccc(C(F)F)c1F. The summed E-state index contributed by atoms with van der Waals surface area (Å²) in [6, 6.07) is 3.16. The molecule has 1 heterocycles. The highest BCUT2D eigenvalue weighted by Gasteiger charge is 2.54. The Morgan fingerprint density at radius 3 is 2.28 bits per heavy atom. The fourth-order valence-corrected chi connectivity index (χ4v) is 4.57. The molecule has 2 unspecified atom stereocenters. The lowest BCUT2D eigenvalue weighted by molar-refractivity contribution is 0.0648. The lowest BCUT2D eigenvalue weighted by atomic mass is 9.98. The van der Waals surface area contributed by atoms with Crippen LogP contribution < -0.4 is 16.2 Å².